The summed E-state index contributed by atoms with van der Waals surface area (Å²) in [4.78, 5) is 0. The number of fused-ring (bicyclic) bond motifs is 1. The molecule has 0 aromatic heterocycles. The van der Waals surface area contributed by atoms with Crippen LogP contribution in [0.15, 0.2) is 0 Å². The number of rotatable bonds is 0. The number of nitrogens with zero attached hydrogens (tertiary/aromatic N) is 1. The molecule has 2 saturated heterocycles. The first kappa shape index (κ1) is 6.14. The molecule has 0 bridgehead atoms. The Morgan fingerprint density at radius 1 is 1.40 bits per heavy atom. The minimum Gasteiger partial charge on any atom is -0.374 e. The van der Waals surface area contributed by atoms with Crippen LogP contribution in [-0.4, -0.2) is 25.4 Å². The molecule has 0 radical (unpaired) electrons. The summed E-state index contributed by atoms with van der Waals surface area (Å²) in [7, 11) is 0. The van der Waals surface area contributed by atoms with Crippen molar-refractivity contribution in [3.05, 3.63) is 0 Å². The minimum absolute atomic E-state index is 0.0208. The highest BCUT2D eigenvalue weighted by Crippen LogP contribution is 2.29. The van der Waals surface area contributed by atoms with E-state index in [0.717, 1.165) is 13.0 Å². The summed E-state index contributed by atoms with van der Waals surface area (Å²) in [5.74, 6) is -0.0208. The van der Waals surface area contributed by atoms with E-state index >= 15 is 0 Å². The molecule has 0 aromatic rings. The number of hydrogen-bond donors (Lipinski definition) is 0. The van der Waals surface area contributed by atoms with Crippen LogP contribution < -0.4 is 0 Å². The molecule has 0 amide bonds. The molecule has 0 N–H and O–H groups in total. The van der Waals surface area contributed by atoms with Crippen LogP contribution in [0.5, 0.6) is 0 Å². The van der Waals surface area contributed by atoms with Crippen LogP contribution in [0.25, 0.3) is 0 Å². The molecular weight excluding hydrogens is 130 g/mol. The molecule has 10 heavy (non-hydrogen) atoms. The van der Waals surface area contributed by atoms with Gasteiger partial charge in [-0.1, -0.05) is 0 Å². The molecule has 0 saturated carbocycles. The molecule has 2 fully saturated rings. The van der Waals surface area contributed by atoms with Gasteiger partial charge < -0.3 is 9.47 Å². The standard InChI is InChI=1S/C7H9NO2/c8-3-5-4-10-6-1-2-9-7(5)6/h5-7H,1-2,4H2. The van der Waals surface area contributed by atoms with Gasteiger partial charge in [-0.15, -0.1) is 0 Å². The van der Waals surface area contributed by atoms with Crippen LogP contribution in [-0.2, 0) is 9.47 Å². The molecule has 2 rings (SSSR count). The van der Waals surface area contributed by atoms with E-state index in [0.29, 0.717) is 6.61 Å². The van der Waals surface area contributed by atoms with Crippen LogP contribution in [0.3, 0.4) is 0 Å². The van der Waals surface area contributed by atoms with Gasteiger partial charge in [-0.2, -0.15) is 5.26 Å². The van der Waals surface area contributed by atoms with E-state index in [2.05, 4.69) is 6.07 Å². The Bertz CT molecular complexity index is 175. The predicted octanol–water partition coefficient (Wildman–Crippen LogP) is 0.314. The molecular formula is C7H9NO2. The number of hydrogen-bond acceptors (Lipinski definition) is 3. The summed E-state index contributed by atoms with van der Waals surface area (Å²) < 4.78 is 10.7. The molecule has 2 heterocycles. The Morgan fingerprint density at radius 3 is 3.10 bits per heavy atom. The van der Waals surface area contributed by atoms with Gasteiger partial charge in [0, 0.05) is 6.61 Å². The van der Waals surface area contributed by atoms with Crippen molar-refractivity contribution in [3.8, 4) is 6.07 Å². The van der Waals surface area contributed by atoms with Crippen LogP contribution in [0.1, 0.15) is 6.42 Å². The Balaban J connectivity index is 2.10. The first-order chi connectivity index (χ1) is 4.92. The van der Waals surface area contributed by atoms with Gasteiger partial charge in [0.05, 0.1) is 24.7 Å². The van der Waals surface area contributed by atoms with Gasteiger partial charge in [0.1, 0.15) is 6.10 Å². The molecule has 2 aliphatic rings. The van der Waals surface area contributed by atoms with E-state index in [1.54, 1.807) is 0 Å². The largest absolute Gasteiger partial charge is 0.374 e. The second kappa shape index (κ2) is 2.22. The lowest BCUT2D eigenvalue weighted by Crippen LogP contribution is -2.21. The zero-order valence-corrected chi connectivity index (χ0v) is 5.62. The van der Waals surface area contributed by atoms with Gasteiger partial charge >= 0.3 is 0 Å². The number of ether oxygens (including phenoxy) is 2. The Hall–Kier alpha value is -0.590. The fourth-order valence-electron chi connectivity index (χ4n) is 1.58. The van der Waals surface area contributed by atoms with E-state index in [4.69, 9.17) is 14.7 Å². The summed E-state index contributed by atoms with van der Waals surface area (Å²) in [5.41, 5.74) is 0. The zero-order chi connectivity index (χ0) is 6.97. The van der Waals surface area contributed by atoms with Crippen LogP contribution in [0.4, 0.5) is 0 Å². The van der Waals surface area contributed by atoms with Crippen LogP contribution >= 0.6 is 0 Å². The lowest BCUT2D eigenvalue weighted by Gasteiger charge is -2.06. The monoisotopic (exact) mass is 139 g/mol. The Morgan fingerprint density at radius 2 is 2.30 bits per heavy atom. The number of nitriles is 1. The topological polar surface area (TPSA) is 42.2 Å². The van der Waals surface area contributed by atoms with E-state index in [1.165, 1.54) is 0 Å². The zero-order valence-electron chi connectivity index (χ0n) is 5.62. The third kappa shape index (κ3) is 0.731. The average Bonchev–Trinajstić information content (AvgIpc) is 2.44. The smallest absolute Gasteiger partial charge is 0.102 e. The fraction of sp³-hybridized carbons (Fsp3) is 0.857. The van der Waals surface area contributed by atoms with E-state index < -0.39 is 0 Å². The molecule has 54 valence electrons. The maximum atomic E-state index is 8.60. The van der Waals surface area contributed by atoms with E-state index in [-0.39, 0.29) is 18.1 Å². The molecule has 3 nitrogen and oxygen atoms in total. The fourth-order valence-corrected chi connectivity index (χ4v) is 1.58. The van der Waals surface area contributed by atoms with Gasteiger partial charge in [-0.25, -0.2) is 0 Å². The Kier molecular flexibility index (Phi) is 1.37. The van der Waals surface area contributed by atoms with Crippen molar-refractivity contribution >= 4 is 0 Å². The van der Waals surface area contributed by atoms with Gasteiger partial charge in [-0.3, -0.25) is 0 Å². The normalized spacial score (nSPS) is 44.9. The van der Waals surface area contributed by atoms with Crippen LogP contribution in [0, 0.1) is 17.2 Å². The quantitative estimate of drug-likeness (QED) is 0.485. The summed E-state index contributed by atoms with van der Waals surface area (Å²) in [5, 5.41) is 8.60. The van der Waals surface area contributed by atoms with Crippen molar-refractivity contribution in [1.82, 2.24) is 0 Å². The lowest BCUT2D eigenvalue weighted by molar-refractivity contribution is 0.0690. The second-order valence-corrected chi connectivity index (χ2v) is 2.73. The average molecular weight is 139 g/mol. The molecule has 0 aliphatic carbocycles. The first-order valence-corrected chi connectivity index (χ1v) is 3.54. The van der Waals surface area contributed by atoms with E-state index in [9.17, 15) is 0 Å². The molecule has 3 atom stereocenters. The second-order valence-electron chi connectivity index (χ2n) is 2.73. The highest BCUT2D eigenvalue weighted by Gasteiger charge is 2.41. The summed E-state index contributed by atoms with van der Waals surface area (Å²) in [6.45, 7) is 1.32. The molecule has 0 aromatic carbocycles. The summed E-state index contributed by atoms with van der Waals surface area (Å²) >= 11 is 0. The Labute approximate surface area is 59.5 Å². The van der Waals surface area contributed by atoms with Gasteiger partial charge in [0.2, 0.25) is 0 Å². The minimum atomic E-state index is -0.0208. The van der Waals surface area contributed by atoms with Crippen molar-refractivity contribution in [1.29, 1.82) is 5.26 Å². The van der Waals surface area contributed by atoms with Crippen molar-refractivity contribution in [3.63, 3.8) is 0 Å². The molecule has 0 spiro atoms. The van der Waals surface area contributed by atoms with Gasteiger partial charge in [-0.05, 0) is 6.42 Å². The summed E-state index contributed by atoms with van der Waals surface area (Å²) in [6.07, 6.45) is 1.25. The molecule has 3 unspecified atom stereocenters. The van der Waals surface area contributed by atoms with Crippen LogP contribution in [0.2, 0.25) is 0 Å². The van der Waals surface area contributed by atoms with Gasteiger partial charge in [0.25, 0.3) is 0 Å². The highest BCUT2D eigenvalue weighted by molar-refractivity contribution is 4.99. The van der Waals surface area contributed by atoms with Crippen molar-refractivity contribution < 1.29 is 9.47 Å². The first-order valence-electron chi connectivity index (χ1n) is 3.54. The van der Waals surface area contributed by atoms with Gasteiger partial charge in [0.15, 0.2) is 0 Å². The third-order valence-electron chi connectivity index (χ3n) is 2.13. The SMILES string of the molecule is N#CC1COC2CCOC12. The lowest BCUT2D eigenvalue weighted by atomic mass is 10.0. The maximum absolute atomic E-state index is 8.60. The summed E-state index contributed by atoms with van der Waals surface area (Å²) in [6, 6.07) is 2.19. The van der Waals surface area contributed by atoms with Crippen molar-refractivity contribution in [2.45, 2.75) is 18.6 Å². The van der Waals surface area contributed by atoms with E-state index in [1.807, 2.05) is 0 Å². The molecule has 3 heteroatoms. The maximum Gasteiger partial charge on any atom is 0.102 e. The highest BCUT2D eigenvalue weighted by atomic mass is 16.6. The van der Waals surface area contributed by atoms with Crippen molar-refractivity contribution in [2.75, 3.05) is 13.2 Å². The molecule has 2 aliphatic heterocycles. The third-order valence-corrected chi connectivity index (χ3v) is 2.13. The predicted molar refractivity (Wildman–Crippen MR) is 33.2 cm³/mol. The van der Waals surface area contributed by atoms with Crippen molar-refractivity contribution in [2.24, 2.45) is 5.92 Å².